The second-order valence-corrected chi connectivity index (χ2v) is 6.34. The van der Waals surface area contributed by atoms with Crippen molar-refractivity contribution >= 4 is 0 Å². The third kappa shape index (κ3) is 8.80. The molecule has 0 aromatic heterocycles. The normalized spacial score (nSPS) is 11.0. The van der Waals surface area contributed by atoms with E-state index in [9.17, 15) is 5.11 Å². The first-order valence-corrected chi connectivity index (χ1v) is 9.08. The number of phenols is 1. The molecule has 1 heteroatoms. The molecule has 0 aliphatic rings. The molecule has 21 heavy (non-hydrogen) atoms. The molecule has 0 atom stereocenters. The predicted octanol–water partition coefficient (Wildman–Crippen LogP) is 6.42. The van der Waals surface area contributed by atoms with Crippen LogP contribution < -0.4 is 0 Å². The van der Waals surface area contributed by atoms with Crippen molar-refractivity contribution in [2.45, 2.75) is 90.9 Å². The number of unbranched alkanes of at least 4 members (excludes halogenated alkanes) is 8. The summed E-state index contributed by atoms with van der Waals surface area (Å²) in [7, 11) is 0. The van der Waals surface area contributed by atoms with E-state index in [4.69, 9.17) is 0 Å². The number of benzene rings is 1. The van der Waals surface area contributed by atoms with Crippen LogP contribution in [0.5, 0.6) is 5.75 Å². The summed E-state index contributed by atoms with van der Waals surface area (Å²) in [5.74, 6) is 0.449. The van der Waals surface area contributed by atoms with Gasteiger partial charge < -0.3 is 5.11 Å². The molecular weight excluding hydrogens is 256 g/mol. The van der Waals surface area contributed by atoms with Crippen molar-refractivity contribution < 1.29 is 5.11 Å². The summed E-state index contributed by atoms with van der Waals surface area (Å²) in [6.45, 7) is 4.50. The Hall–Kier alpha value is -0.980. The van der Waals surface area contributed by atoms with Gasteiger partial charge in [0.25, 0.3) is 0 Å². The average Bonchev–Trinajstić information content (AvgIpc) is 2.46. The van der Waals surface area contributed by atoms with Crippen molar-refractivity contribution in [3.63, 3.8) is 0 Å². The molecule has 0 heterocycles. The zero-order chi connectivity index (χ0) is 15.3. The lowest BCUT2D eigenvalue weighted by Crippen LogP contribution is -1.91. The van der Waals surface area contributed by atoms with Crippen molar-refractivity contribution in [3.8, 4) is 5.75 Å². The Labute approximate surface area is 131 Å². The minimum atomic E-state index is 0.449. The van der Waals surface area contributed by atoms with E-state index in [1.165, 1.54) is 75.3 Å². The molecule has 0 fully saturated rings. The smallest absolute Gasteiger partial charge is 0.116 e. The summed E-state index contributed by atoms with van der Waals surface area (Å²) in [6, 6.07) is 6.19. The standard InChI is InChI=1S/C20H34O/c1-3-5-7-9-11-13-18-15-19(17-20(21)16-18)14-12-10-8-6-4-2/h15-17,21H,3-14H2,1-2H3. The molecule has 1 aromatic rings. The predicted molar refractivity (Wildman–Crippen MR) is 93.0 cm³/mol. The zero-order valence-electron chi connectivity index (χ0n) is 14.2. The Kier molecular flexibility index (Phi) is 10.0. The molecule has 0 radical (unpaired) electrons. The first-order valence-electron chi connectivity index (χ1n) is 9.08. The molecule has 0 unspecified atom stereocenters. The summed E-state index contributed by atoms with van der Waals surface area (Å²) in [4.78, 5) is 0. The van der Waals surface area contributed by atoms with Crippen LogP contribution in [-0.4, -0.2) is 5.11 Å². The number of rotatable bonds is 12. The molecule has 0 spiro atoms. The Balaban J connectivity index is 2.32. The summed E-state index contributed by atoms with van der Waals surface area (Å²) >= 11 is 0. The molecule has 120 valence electrons. The molecule has 1 aromatic carbocycles. The highest BCUT2D eigenvalue weighted by molar-refractivity contribution is 5.33. The van der Waals surface area contributed by atoms with Gasteiger partial charge in [0.1, 0.15) is 5.75 Å². The highest BCUT2D eigenvalue weighted by Crippen LogP contribution is 2.20. The largest absolute Gasteiger partial charge is 0.508 e. The third-order valence-electron chi connectivity index (χ3n) is 4.18. The van der Waals surface area contributed by atoms with Gasteiger partial charge in [-0.1, -0.05) is 71.3 Å². The minimum Gasteiger partial charge on any atom is -0.508 e. The van der Waals surface area contributed by atoms with Crippen LogP contribution in [0.25, 0.3) is 0 Å². The Morgan fingerprint density at radius 2 is 1.05 bits per heavy atom. The van der Waals surface area contributed by atoms with E-state index >= 15 is 0 Å². The Morgan fingerprint density at radius 1 is 0.619 bits per heavy atom. The number of aryl methyl sites for hydroxylation is 2. The summed E-state index contributed by atoms with van der Waals surface area (Å²) in [6.07, 6.45) is 15.3. The summed E-state index contributed by atoms with van der Waals surface area (Å²) < 4.78 is 0. The van der Waals surface area contributed by atoms with Crippen molar-refractivity contribution in [1.82, 2.24) is 0 Å². The molecule has 1 nitrogen and oxygen atoms in total. The maximum Gasteiger partial charge on any atom is 0.116 e. The average molecular weight is 290 g/mol. The Bertz CT molecular complexity index is 338. The molecule has 0 aliphatic carbocycles. The first-order chi connectivity index (χ1) is 10.3. The fourth-order valence-corrected chi connectivity index (χ4v) is 2.90. The van der Waals surface area contributed by atoms with Gasteiger partial charge in [-0.3, -0.25) is 0 Å². The number of phenolic OH excluding ortho intramolecular Hbond substituents is 1. The lowest BCUT2D eigenvalue weighted by Gasteiger charge is -2.07. The monoisotopic (exact) mass is 290 g/mol. The molecule has 0 amide bonds. The Morgan fingerprint density at radius 3 is 1.48 bits per heavy atom. The van der Waals surface area contributed by atoms with Crippen molar-refractivity contribution in [1.29, 1.82) is 0 Å². The summed E-state index contributed by atoms with van der Waals surface area (Å²) in [5, 5.41) is 9.88. The van der Waals surface area contributed by atoms with Crippen LogP contribution in [0.4, 0.5) is 0 Å². The van der Waals surface area contributed by atoms with E-state index in [2.05, 4.69) is 19.9 Å². The van der Waals surface area contributed by atoms with Crippen LogP contribution in [0.15, 0.2) is 18.2 Å². The van der Waals surface area contributed by atoms with E-state index in [0.29, 0.717) is 5.75 Å². The van der Waals surface area contributed by atoms with Gasteiger partial charge >= 0.3 is 0 Å². The molecule has 0 bridgehead atoms. The highest BCUT2D eigenvalue weighted by Gasteiger charge is 2.01. The van der Waals surface area contributed by atoms with Gasteiger partial charge in [-0.05, 0) is 48.9 Å². The number of hydrogen-bond donors (Lipinski definition) is 1. The third-order valence-corrected chi connectivity index (χ3v) is 4.18. The van der Waals surface area contributed by atoms with E-state index < -0.39 is 0 Å². The van der Waals surface area contributed by atoms with Crippen LogP contribution in [0.2, 0.25) is 0 Å². The molecular formula is C20H34O. The second kappa shape index (κ2) is 11.7. The van der Waals surface area contributed by atoms with E-state index in [0.717, 1.165) is 12.8 Å². The van der Waals surface area contributed by atoms with Crippen LogP contribution in [0.3, 0.4) is 0 Å². The quantitative estimate of drug-likeness (QED) is 0.440. The van der Waals surface area contributed by atoms with E-state index in [1.54, 1.807) is 0 Å². The number of hydrogen-bond acceptors (Lipinski definition) is 1. The molecule has 1 rings (SSSR count). The van der Waals surface area contributed by atoms with Crippen LogP contribution in [0.1, 0.15) is 89.2 Å². The molecule has 0 saturated heterocycles. The fourth-order valence-electron chi connectivity index (χ4n) is 2.90. The highest BCUT2D eigenvalue weighted by atomic mass is 16.3. The fraction of sp³-hybridized carbons (Fsp3) is 0.700. The summed E-state index contributed by atoms with van der Waals surface area (Å²) in [5.41, 5.74) is 2.63. The first kappa shape index (κ1) is 18.1. The van der Waals surface area contributed by atoms with E-state index in [-0.39, 0.29) is 0 Å². The zero-order valence-corrected chi connectivity index (χ0v) is 14.2. The topological polar surface area (TPSA) is 20.2 Å². The van der Waals surface area contributed by atoms with Crippen molar-refractivity contribution in [2.75, 3.05) is 0 Å². The van der Waals surface area contributed by atoms with Crippen LogP contribution in [-0.2, 0) is 12.8 Å². The van der Waals surface area contributed by atoms with Crippen molar-refractivity contribution in [2.24, 2.45) is 0 Å². The lowest BCUT2D eigenvalue weighted by molar-refractivity contribution is 0.473. The molecule has 0 saturated carbocycles. The second-order valence-electron chi connectivity index (χ2n) is 6.34. The van der Waals surface area contributed by atoms with Gasteiger partial charge in [-0.15, -0.1) is 0 Å². The van der Waals surface area contributed by atoms with Gasteiger partial charge in [0, 0.05) is 0 Å². The van der Waals surface area contributed by atoms with E-state index in [1.807, 2.05) is 12.1 Å². The molecule has 1 N–H and O–H groups in total. The SMILES string of the molecule is CCCCCCCc1cc(O)cc(CCCCCCC)c1. The van der Waals surface area contributed by atoms with Crippen molar-refractivity contribution in [3.05, 3.63) is 29.3 Å². The van der Waals surface area contributed by atoms with Gasteiger partial charge in [-0.2, -0.15) is 0 Å². The number of aromatic hydroxyl groups is 1. The van der Waals surface area contributed by atoms with Crippen LogP contribution in [0, 0.1) is 0 Å². The maximum absolute atomic E-state index is 9.88. The van der Waals surface area contributed by atoms with Crippen LogP contribution >= 0.6 is 0 Å². The van der Waals surface area contributed by atoms with Gasteiger partial charge in [0.05, 0.1) is 0 Å². The molecule has 0 aliphatic heterocycles. The minimum absolute atomic E-state index is 0.449. The maximum atomic E-state index is 9.88. The van der Waals surface area contributed by atoms with Gasteiger partial charge in [-0.25, -0.2) is 0 Å². The van der Waals surface area contributed by atoms with Gasteiger partial charge in [0.2, 0.25) is 0 Å². The lowest BCUT2D eigenvalue weighted by atomic mass is 10.00. The van der Waals surface area contributed by atoms with Gasteiger partial charge in [0.15, 0.2) is 0 Å².